The average molecular weight is 978 g/mol. The molecule has 2 nitrogen and oxygen atoms in total. The maximum Gasteiger partial charge on any atom is 0.137 e. The first-order valence-corrected chi connectivity index (χ1v) is 26.9. The second-order valence-electron chi connectivity index (χ2n) is 23.5. The lowest BCUT2D eigenvalue weighted by Gasteiger charge is -2.33. The third-order valence-corrected chi connectivity index (χ3v) is 16.3. The minimum atomic E-state index is -0.623. The maximum absolute atomic E-state index is 6.61. The molecular formula is C74H59NO. The molecule has 14 rings (SSSR count). The molecule has 366 valence electrons. The summed E-state index contributed by atoms with van der Waals surface area (Å²) in [4.78, 5) is 2.43. The fourth-order valence-electron chi connectivity index (χ4n) is 12.9. The lowest BCUT2D eigenvalue weighted by molar-refractivity contribution is 0.411. The van der Waals surface area contributed by atoms with E-state index in [2.05, 4.69) is 277 Å². The van der Waals surface area contributed by atoms with Crippen LogP contribution in [-0.2, 0) is 17.3 Å². The zero-order valence-electron chi connectivity index (χ0n) is 44.1. The lowest BCUT2D eigenvalue weighted by Crippen LogP contribution is -2.27. The molecule has 2 aliphatic carbocycles. The van der Waals surface area contributed by atoms with Crippen molar-refractivity contribution in [2.75, 3.05) is 4.90 Å². The largest absolute Gasteiger partial charge is 0.456 e. The first-order valence-electron chi connectivity index (χ1n) is 26.9. The third kappa shape index (κ3) is 7.37. The summed E-state index contributed by atoms with van der Waals surface area (Å²) in [7, 11) is 0. The van der Waals surface area contributed by atoms with Gasteiger partial charge in [-0.2, -0.15) is 0 Å². The Morgan fingerprint density at radius 3 is 1.75 bits per heavy atom. The standard InChI is InChI=1S/C74H59NO/c1-72(2,3)46-47-26-39-66-65(40-47)62-36-30-54(73(4,5)6)43-68(62)74(66)67-42-52(51-20-14-21-53(41-51)59-24-15-19-50-18-10-11-22-58(50)59)29-35-60(67)61-37-33-56(44-69(61)74)75(55-31-27-49(28-32-55)48-16-8-7-9-17-48)57-34-38-64-63-23-12-13-25-70(63)76-71(64)45-57/h7-45H,46H2,1-6H3. The Hall–Kier alpha value is -8.72. The first-order chi connectivity index (χ1) is 36.9. The lowest BCUT2D eigenvalue weighted by atomic mass is 9.69. The van der Waals surface area contributed by atoms with Gasteiger partial charge in [-0.1, -0.05) is 217 Å². The molecule has 11 aromatic carbocycles. The van der Waals surface area contributed by atoms with Gasteiger partial charge in [-0.05, 0) is 172 Å². The number of anilines is 3. The highest BCUT2D eigenvalue weighted by atomic mass is 16.3. The summed E-state index contributed by atoms with van der Waals surface area (Å²) in [6.45, 7) is 14.1. The highest BCUT2D eigenvalue weighted by molar-refractivity contribution is 6.06. The molecule has 0 fully saturated rings. The van der Waals surface area contributed by atoms with E-state index >= 15 is 0 Å². The summed E-state index contributed by atoms with van der Waals surface area (Å²) in [6, 6.07) is 88.7. The van der Waals surface area contributed by atoms with Crippen LogP contribution >= 0.6 is 0 Å². The second kappa shape index (κ2) is 17.2. The molecule has 1 heterocycles. The van der Waals surface area contributed by atoms with Crippen molar-refractivity contribution in [2.45, 2.75) is 58.8 Å². The molecule has 0 amide bonds. The zero-order valence-corrected chi connectivity index (χ0v) is 44.1. The van der Waals surface area contributed by atoms with Gasteiger partial charge in [0.2, 0.25) is 0 Å². The number of hydrogen-bond donors (Lipinski definition) is 0. The van der Waals surface area contributed by atoms with E-state index in [1.54, 1.807) is 0 Å². The van der Waals surface area contributed by atoms with E-state index in [1.165, 1.54) is 99.8 Å². The van der Waals surface area contributed by atoms with Crippen molar-refractivity contribution in [1.29, 1.82) is 0 Å². The van der Waals surface area contributed by atoms with E-state index in [-0.39, 0.29) is 10.8 Å². The third-order valence-electron chi connectivity index (χ3n) is 16.3. The van der Waals surface area contributed by atoms with E-state index in [4.69, 9.17) is 4.42 Å². The van der Waals surface area contributed by atoms with Crippen LogP contribution in [0, 0.1) is 5.41 Å². The quantitative estimate of drug-likeness (QED) is 0.158. The number of benzene rings is 11. The van der Waals surface area contributed by atoms with Gasteiger partial charge < -0.3 is 9.32 Å². The van der Waals surface area contributed by atoms with Crippen molar-refractivity contribution in [3.05, 3.63) is 270 Å². The summed E-state index contributed by atoms with van der Waals surface area (Å²) < 4.78 is 6.61. The molecule has 1 aromatic heterocycles. The van der Waals surface area contributed by atoms with Crippen LogP contribution in [0.5, 0.6) is 0 Å². The Morgan fingerprint density at radius 1 is 0.355 bits per heavy atom. The van der Waals surface area contributed by atoms with E-state index in [0.717, 1.165) is 45.4 Å². The Bertz CT molecular complexity index is 4270. The number of nitrogens with zero attached hydrogens (tertiary/aromatic N) is 1. The van der Waals surface area contributed by atoms with Crippen molar-refractivity contribution >= 4 is 49.8 Å². The SMILES string of the molecule is CC(C)(C)Cc1ccc2c(c1)-c1ccc(C(C)(C)C)cc1C21c2cc(-c3cccc(-c4cccc5ccccc45)c3)ccc2-c2ccc(N(c3ccc(-c4ccccc4)cc3)c3ccc4c(c3)oc3ccccc34)cc21. The van der Waals surface area contributed by atoms with Crippen LogP contribution in [0.4, 0.5) is 17.1 Å². The van der Waals surface area contributed by atoms with Crippen molar-refractivity contribution in [1.82, 2.24) is 0 Å². The molecule has 1 atom stereocenters. The number of fused-ring (bicyclic) bond motifs is 14. The summed E-state index contributed by atoms with van der Waals surface area (Å²) >= 11 is 0. The van der Waals surface area contributed by atoms with Crippen LogP contribution < -0.4 is 4.90 Å². The molecule has 0 saturated heterocycles. The van der Waals surface area contributed by atoms with Gasteiger partial charge in [0.25, 0.3) is 0 Å². The molecule has 2 aliphatic rings. The first kappa shape index (κ1) is 45.9. The van der Waals surface area contributed by atoms with Crippen LogP contribution in [0.1, 0.15) is 74.9 Å². The molecule has 76 heavy (non-hydrogen) atoms. The Kier molecular flexibility index (Phi) is 10.4. The van der Waals surface area contributed by atoms with Crippen molar-refractivity contribution < 1.29 is 4.42 Å². The summed E-state index contributed by atoms with van der Waals surface area (Å²) in [5, 5.41) is 4.75. The normalized spacial score (nSPS) is 14.6. The molecule has 0 aliphatic heterocycles. The van der Waals surface area contributed by atoms with Gasteiger partial charge in [0.15, 0.2) is 0 Å². The van der Waals surface area contributed by atoms with Gasteiger partial charge in [0.1, 0.15) is 11.2 Å². The van der Waals surface area contributed by atoms with Crippen molar-refractivity contribution in [2.24, 2.45) is 5.41 Å². The van der Waals surface area contributed by atoms with Gasteiger partial charge in [0.05, 0.1) is 5.41 Å². The van der Waals surface area contributed by atoms with Crippen molar-refractivity contribution in [3.8, 4) is 55.6 Å². The average Bonchev–Trinajstić information content (AvgIpc) is 4.27. The highest BCUT2D eigenvalue weighted by Crippen LogP contribution is 2.64. The Morgan fingerprint density at radius 2 is 0.934 bits per heavy atom. The Balaban J connectivity index is 1.02. The van der Waals surface area contributed by atoms with Gasteiger partial charge in [0, 0.05) is 33.9 Å². The molecule has 1 unspecified atom stereocenters. The van der Waals surface area contributed by atoms with Gasteiger partial charge in [-0.15, -0.1) is 0 Å². The molecule has 2 heteroatoms. The molecule has 12 aromatic rings. The van der Waals surface area contributed by atoms with Gasteiger partial charge in [-0.3, -0.25) is 0 Å². The van der Waals surface area contributed by atoms with Crippen LogP contribution in [-0.4, -0.2) is 0 Å². The molecule has 0 radical (unpaired) electrons. The van der Waals surface area contributed by atoms with E-state index in [0.29, 0.717) is 0 Å². The molecule has 0 saturated carbocycles. The van der Waals surface area contributed by atoms with E-state index in [1.807, 2.05) is 6.07 Å². The number of hydrogen-bond acceptors (Lipinski definition) is 2. The number of para-hydroxylation sites is 1. The monoisotopic (exact) mass is 977 g/mol. The number of rotatable bonds is 7. The molecule has 0 bridgehead atoms. The van der Waals surface area contributed by atoms with Crippen LogP contribution in [0.2, 0.25) is 0 Å². The van der Waals surface area contributed by atoms with E-state index < -0.39 is 5.41 Å². The fraction of sp³-hybridized carbons (Fsp3) is 0.135. The molecule has 0 N–H and O–H groups in total. The topological polar surface area (TPSA) is 16.4 Å². The zero-order chi connectivity index (χ0) is 51.5. The minimum Gasteiger partial charge on any atom is -0.456 e. The van der Waals surface area contributed by atoms with Gasteiger partial charge >= 0.3 is 0 Å². The van der Waals surface area contributed by atoms with Crippen molar-refractivity contribution in [3.63, 3.8) is 0 Å². The van der Waals surface area contributed by atoms with E-state index in [9.17, 15) is 0 Å². The second-order valence-corrected chi connectivity index (χ2v) is 23.5. The summed E-state index contributed by atoms with van der Waals surface area (Å²) in [5.74, 6) is 0. The summed E-state index contributed by atoms with van der Waals surface area (Å²) in [6.07, 6.45) is 0.991. The van der Waals surface area contributed by atoms with Crippen LogP contribution in [0.25, 0.3) is 88.3 Å². The Labute approximate surface area is 446 Å². The summed E-state index contributed by atoms with van der Waals surface area (Å²) in [5.41, 5.74) is 24.8. The van der Waals surface area contributed by atoms with Gasteiger partial charge in [-0.25, -0.2) is 0 Å². The smallest absolute Gasteiger partial charge is 0.137 e. The van der Waals surface area contributed by atoms with Crippen LogP contribution in [0.15, 0.2) is 241 Å². The molecule has 1 spiro atoms. The highest BCUT2D eigenvalue weighted by Gasteiger charge is 2.52. The number of furan rings is 1. The maximum atomic E-state index is 6.61. The minimum absolute atomic E-state index is 0.0730. The molecular weight excluding hydrogens is 919 g/mol. The van der Waals surface area contributed by atoms with Crippen LogP contribution in [0.3, 0.4) is 0 Å². The predicted octanol–water partition coefficient (Wildman–Crippen LogP) is 20.4. The predicted molar refractivity (Wildman–Crippen MR) is 320 cm³/mol. The fourth-order valence-corrected chi connectivity index (χ4v) is 12.9.